The normalized spacial score (nSPS) is 16.4. The summed E-state index contributed by atoms with van der Waals surface area (Å²) in [6.07, 6.45) is 2.61. The van der Waals surface area contributed by atoms with Gasteiger partial charge in [-0.25, -0.2) is 4.79 Å². The molecule has 1 aliphatic heterocycles. The first-order valence-corrected chi connectivity index (χ1v) is 17.2. The Balaban J connectivity index is 2.07. The Kier molecular flexibility index (Phi) is 17.9. The Labute approximate surface area is 293 Å². The molecule has 0 radical (unpaired) electrons. The van der Waals surface area contributed by atoms with Gasteiger partial charge in [-0.15, -0.1) is 0 Å². The largest absolute Gasteiger partial charge is 0.480 e. The fourth-order valence-electron chi connectivity index (χ4n) is 5.59. The molecule has 50 heavy (non-hydrogen) atoms. The third kappa shape index (κ3) is 14.1. The molecule has 10 N–H and O–H groups in total. The lowest BCUT2D eigenvalue weighted by atomic mass is 10.0. The van der Waals surface area contributed by atoms with Gasteiger partial charge >= 0.3 is 5.97 Å². The van der Waals surface area contributed by atoms with Gasteiger partial charge in [0, 0.05) is 25.9 Å². The highest BCUT2D eigenvalue weighted by molar-refractivity contribution is 5.96. The third-order valence-corrected chi connectivity index (χ3v) is 8.23. The maximum absolute atomic E-state index is 13.7. The molecule has 1 fully saturated rings. The molecular formula is C34H54N8O8. The summed E-state index contributed by atoms with van der Waals surface area (Å²) < 4.78 is 0. The Morgan fingerprint density at radius 1 is 0.840 bits per heavy atom. The lowest BCUT2D eigenvalue weighted by molar-refractivity contribution is -0.142. The number of benzene rings is 1. The van der Waals surface area contributed by atoms with Crippen LogP contribution in [-0.2, 0) is 40.0 Å². The fourth-order valence-corrected chi connectivity index (χ4v) is 5.59. The quantitative estimate of drug-likeness (QED) is 0.0718. The Morgan fingerprint density at radius 2 is 1.52 bits per heavy atom. The van der Waals surface area contributed by atoms with Crippen LogP contribution in [0.2, 0.25) is 0 Å². The van der Waals surface area contributed by atoms with Crippen molar-refractivity contribution in [2.75, 3.05) is 26.2 Å². The van der Waals surface area contributed by atoms with Crippen molar-refractivity contribution in [3.8, 4) is 0 Å². The van der Waals surface area contributed by atoms with E-state index in [9.17, 15) is 38.7 Å². The molecule has 16 heteroatoms. The Morgan fingerprint density at radius 3 is 2.14 bits per heavy atom. The lowest BCUT2D eigenvalue weighted by Crippen LogP contribution is -2.58. The highest BCUT2D eigenvalue weighted by Gasteiger charge is 2.38. The SMILES string of the molecule is CC(C)C[C@H](NC(=O)[C@H](C)NC(=O)[C@@H]1CCCN1C(=O)[C@H](CCCCN)NC(=O)CNC(=O)CCN)C(=O)N[C@@H](Cc1ccccc1)C(=O)O. The van der Waals surface area contributed by atoms with Gasteiger partial charge in [0.2, 0.25) is 35.4 Å². The predicted octanol–water partition coefficient (Wildman–Crippen LogP) is -1.10. The van der Waals surface area contributed by atoms with E-state index in [-0.39, 0.29) is 51.2 Å². The standard InChI is InChI=1S/C34H54N8O8/c1-21(2)18-25(31(46)41-26(34(49)50)19-23-10-5-4-6-11-23)40-30(45)22(3)38-32(47)27-13-9-17-42(27)33(48)24(12-7-8-15-35)39-29(44)20-37-28(43)14-16-36/h4-6,10-11,21-22,24-27H,7-9,12-20,35-36H2,1-3H3,(H,37,43)(H,38,47)(H,39,44)(H,40,45)(H,41,46)(H,49,50)/t22-,24-,25-,26-,27-/m0/s1. The molecule has 0 aliphatic carbocycles. The third-order valence-electron chi connectivity index (χ3n) is 8.23. The molecule has 5 atom stereocenters. The van der Waals surface area contributed by atoms with Crippen LogP contribution in [0.15, 0.2) is 30.3 Å². The maximum Gasteiger partial charge on any atom is 0.326 e. The van der Waals surface area contributed by atoms with E-state index in [0.717, 1.165) is 5.56 Å². The molecular weight excluding hydrogens is 648 g/mol. The zero-order valence-electron chi connectivity index (χ0n) is 29.2. The maximum atomic E-state index is 13.7. The molecule has 2 rings (SSSR count). The molecule has 0 aromatic heterocycles. The van der Waals surface area contributed by atoms with Gasteiger partial charge in [0.05, 0.1) is 6.54 Å². The number of nitrogens with one attached hydrogen (secondary N) is 5. The van der Waals surface area contributed by atoms with Gasteiger partial charge in [-0.2, -0.15) is 0 Å². The molecule has 1 heterocycles. The first kappa shape index (κ1) is 41.6. The monoisotopic (exact) mass is 702 g/mol. The van der Waals surface area contributed by atoms with Crippen molar-refractivity contribution in [2.45, 2.75) is 102 Å². The number of carboxylic acids is 1. The van der Waals surface area contributed by atoms with Crippen LogP contribution in [0.25, 0.3) is 0 Å². The number of carboxylic acid groups (broad SMARTS) is 1. The second kappa shape index (κ2) is 21.5. The molecule has 1 aliphatic rings. The zero-order valence-corrected chi connectivity index (χ0v) is 29.2. The highest BCUT2D eigenvalue weighted by atomic mass is 16.4. The molecule has 0 saturated carbocycles. The minimum atomic E-state index is -1.22. The van der Waals surface area contributed by atoms with Crippen LogP contribution >= 0.6 is 0 Å². The number of carbonyl (C=O) groups is 7. The van der Waals surface area contributed by atoms with Crippen molar-refractivity contribution in [3.63, 3.8) is 0 Å². The van der Waals surface area contributed by atoms with Crippen molar-refractivity contribution in [3.05, 3.63) is 35.9 Å². The molecule has 278 valence electrons. The van der Waals surface area contributed by atoms with Crippen molar-refractivity contribution in [1.82, 2.24) is 31.5 Å². The summed E-state index contributed by atoms with van der Waals surface area (Å²) in [6, 6.07) is 3.59. The molecule has 0 spiro atoms. The molecule has 1 aromatic rings. The second-order valence-corrected chi connectivity index (χ2v) is 12.9. The van der Waals surface area contributed by atoms with Crippen LogP contribution in [0.3, 0.4) is 0 Å². The van der Waals surface area contributed by atoms with E-state index in [4.69, 9.17) is 11.5 Å². The Hall–Kier alpha value is -4.57. The summed E-state index contributed by atoms with van der Waals surface area (Å²) in [7, 11) is 0. The second-order valence-electron chi connectivity index (χ2n) is 12.9. The van der Waals surface area contributed by atoms with Crippen molar-refractivity contribution in [1.29, 1.82) is 0 Å². The first-order valence-electron chi connectivity index (χ1n) is 17.2. The van der Waals surface area contributed by atoms with Gasteiger partial charge < -0.3 is 48.1 Å². The van der Waals surface area contributed by atoms with Crippen LogP contribution in [0.5, 0.6) is 0 Å². The van der Waals surface area contributed by atoms with Crippen molar-refractivity contribution < 1.29 is 38.7 Å². The van der Waals surface area contributed by atoms with Crippen LogP contribution in [0.4, 0.5) is 0 Å². The van der Waals surface area contributed by atoms with Crippen LogP contribution in [-0.4, -0.2) is 108 Å². The molecule has 1 aromatic carbocycles. The van der Waals surface area contributed by atoms with E-state index in [1.54, 1.807) is 30.3 Å². The summed E-state index contributed by atoms with van der Waals surface area (Å²) in [4.78, 5) is 91.2. The molecule has 16 nitrogen and oxygen atoms in total. The minimum Gasteiger partial charge on any atom is -0.480 e. The van der Waals surface area contributed by atoms with Crippen LogP contribution in [0, 0.1) is 5.92 Å². The van der Waals surface area contributed by atoms with E-state index in [0.29, 0.717) is 32.2 Å². The number of hydrogen-bond donors (Lipinski definition) is 8. The van der Waals surface area contributed by atoms with E-state index in [1.807, 2.05) is 13.8 Å². The van der Waals surface area contributed by atoms with E-state index >= 15 is 0 Å². The van der Waals surface area contributed by atoms with Gasteiger partial charge in [0.1, 0.15) is 30.2 Å². The van der Waals surface area contributed by atoms with Gasteiger partial charge in [-0.05, 0) is 63.5 Å². The van der Waals surface area contributed by atoms with E-state index in [1.165, 1.54) is 11.8 Å². The topological polar surface area (TPSA) is 255 Å². The van der Waals surface area contributed by atoms with E-state index in [2.05, 4.69) is 26.6 Å². The summed E-state index contributed by atoms with van der Waals surface area (Å²) in [6.45, 7) is 5.60. The van der Waals surface area contributed by atoms with Crippen LogP contribution < -0.4 is 38.1 Å². The molecule has 0 unspecified atom stereocenters. The van der Waals surface area contributed by atoms with Crippen molar-refractivity contribution >= 4 is 41.4 Å². The number of aliphatic carboxylic acids is 1. The highest BCUT2D eigenvalue weighted by Crippen LogP contribution is 2.20. The molecule has 0 bridgehead atoms. The Bertz CT molecular complexity index is 1310. The van der Waals surface area contributed by atoms with Gasteiger partial charge in [-0.1, -0.05) is 44.2 Å². The average Bonchev–Trinajstić information content (AvgIpc) is 3.57. The van der Waals surface area contributed by atoms with E-state index < -0.39 is 71.6 Å². The zero-order chi connectivity index (χ0) is 37.2. The number of carbonyl (C=O) groups excluding carboxylic acids is 6. The van der Waals surface area contributed by atoms with Crippen molar-refractivity contribution in [2.24, 2.45) is 17.4 Å². The number of amides is 6. The van der Waals surface area contributed by atoms with Gasteiger partial charge in [0.15, 0.2) is 0 Å². The smallest absolute Gasteiger partial charge is 0.326 e. The minimum absolute atomic E-state index is 0.0353. The lowest BCUT2D eigenvalue weighted by Gasteiger charge is -2.30. The summed E-state index contributed by atoms with van der Waals surface area (Å²) >= 11 is 0. The van der Waals surface area contributed by atoms with Gasteiger partial charge in [0.25, 0.3) is 0 Å². The number of unbranched alkanes of at least 4 members (excludes halogenated alkanes) is 1. The van der Waals surface area contributed by atoms with Gasteiger partial charge in [-0.3, -0.25) is 28.8 Å². The fraction of sp³-hybridized carbons (Fsp3) is 0.618. The number of nitrogens with two attached hydrogens (primary N) is 2. The van der Waals surface area contributed by atoms with Crippen LogP contribution in [0.1, 0.15) is 71.3 Å². The molecule has 6 amide bonds. The number of rotatable bonds is 21. The average molecular weight is 703 g/mol. The number of likely N-dealkylation sites (tertiary alicyclic amines) is 1. The predicted molar refractivity (Wildman–Crippen MR) is 185 cm³/mol. The number of hydrogen-bond acceptors (Lipinski definition) is 9. The summed E-state index contributed by atoms with van der Waals surface area (Å²) in [5, 5.41) is 22.7. The molecule has 1 saturated heterocycles. The number of nitrogens with zero attached hydrogens (tertiary/aromatic N) is 1. The first-order chi connectivity index (χ1) is 23.8. The summed E-state index contributed by atoms with van der Waals surface area (Å²) in [5.74, 6) is -4.57. The summed E-state index contributed by atoms with van der Waals surface area (Å²) in [5.41, 5.74) is 11.7.